The van der Waals surface area contributed by atoms with Crippen LogP contribution in [-0.2, 0) is 0 Å². The van der Waals surface area contributed by atoms with Crippen molar-refractivity contribution in [1.29, 1.82) is 5.26 Å². The van der Waals surface area contributed by atoms with Gasteiger partial charge in [0, 0.05) is 18.3 Å². The molecule has 0 aliphatic heterocycles. The first-order chi connectivity index (χ1) is 8.74. The third kappa shape index (κ3) is 2.43. The largest absolute Gasteiger partial charge is 0.369 e. The first-order valence-electron chi connectivity index (χ1n) is 5.50. The first kappa shape index (κ1) is 12.0. The predicted octanol–water partition coefficient (Wildman–Crippen LogP) is 2.59. The molecule has 2 aromatic heterocycles. The Morgan fingerprint density at radius 3 is 2.89 bits per heavy atom. The van der Waals surface area contributed by atoms with Crippen LogP contribution in [0.4, 0.5) is 10.2 Å². The average Bonchev–Trinajstić information content (AvgIpc) is 2.39. The Bertz CT molecular complexity index is 604. The van der Waals surface area contributed by atoms with Gasteiger partial charge < -0.3 is 5.32 Å². The molecule has 0 saturated carbocycles. The molecule has 0 aliphatic rings. The van der Waals surface area contributed by atoms with Gasteiger partial charge in [0.15, 0.2) is 0 Å². The van der Waals surface area contributed by atoms with Crippen LogP contribution < -0.4 is 5.32 Å². The molecule has 4 nitrogen and oxygen atoms in total. The molecule has 0 bridgehead atoms. The summed E-state index contributed by atoms with van der Waals surface area (Å²) < 4.78 is 13.1. The minimum Gasteiger partial charge on any atom is -0.369 e. The average molecular weight is 242 g/mol. The Balaban J connectivity index is 2.47. The molecule has 2 aromatic rings. The van der Waals surface area contributed by atoms with Gasteiger partial charge in [-0.05, 0) is 25.1 Å². The Morgan fingerprint density at radius 1 is 1.39 bits per heavy atom. The summed E-state index contributed by atoms with van der Waals surface area (Å²) in [5.41, 5.74) is 1.63. The molecule has 5 heteroatoms. The van der Waals surface area contributed by atoms with Crippen LogP contribution in [0.3, 0.4) is 0 Å². The van der Waals surface area contributed by atoms with E-state index in [1.54, 1.807) is 12.1 Å². The first-order valence-corrected chi connectivity index (χ1v) is 5.50. The smallest absolute Gasteiger partial charge is 0.144 e. The number of anilines is 1. The monoisotopic (exact) mass is 242 g/mol. The zero-order valence-electron chi connectivity index (χ0n) is 9.81. The lowest BCUT2D eigenvalue weighted by Gasteiger charge is -2.07. The number of hydrogen-bond donors (Lipinski definition) is 1. The standard InChI is InChI=1S/C13H11FN4/c1-2-17-13-9(6-15)3-4-12(18-13)10-5-11(14)8-16-7-10/h3-5,7-8H,2H2,1H3,(H,17,18). The van der Waals surface area contributed by atoms with E-state index in [9.17, 15) is 4.39 Å². The van der Waals surface area contributed by atoms with Crippen molar-refractivity contribution >= 4 is 5.82 Å². The van der Waals surface area contributed by atoms with Crippen molar-refractivity contribution in [2.24, 2.45) is 0 Å². The highest BCUT2D eigenvalue weighted by atomic mass is 19.1. The number of nitrogens with zero attached hydrogens (tertiary/aromatic N) is 3. The lowest BCUT2D eigenvalue weighted by molar-refractivity contribution is 0.622. The Labute approximate surface area is 104 Å². The van der Waals surface area contributed by atoms with Gasteiger partial charge in [-0.15, -0.1) is 0 Å². The molecule has 0 radical (unpaired) electrons. The van der Waals surface area contributed by atoms with Gasteiger partial charge in [0.1, 0.15) is 17.7 Å². The van der Waals surface area contributed by atoms with E-state index in [-0.39, 0.29) is 0 Å². The van der Waals surface area contributed by atoms with E-state index < -0.39 is 5.82 Å². The molecule has 18 heavy (non-hydrogen) atoms. The van der Waals surface area contributed by atoms with Crippen LogP contribution in [0.5, 0.6) is 0 Å². The number of pyridine rings is 2. The highest BCUT2D eigenvalue weighted by molar-refractivity contribution is 5.64. The van der Waals surface area contributed by atoms with Crippen molar-refractivity contribution in [3.05, 3.63) is 42.0 Å². The molecule has 0 spiro atoms. The van der Waals surface area contributed by atoms with Gasteiger partial charge >= 0.3 is 0 Å². The van der Waals surface area contributed by atoms with Crippen LogP contribution >= 0.6 is 0 Å². The summed E-state index contributed by atoms with van der Waals surface area (Å²) in [6.07, 6.45) is 2.67. The molecule has 0 atom stereocenters. The van der Waals surface area contributed by atoms with Gasteiger partial charge in [0.25, 0.3) is 0 Å². The van der Waals surface area contributed by atoms with E-state index in [2.05, 4.69) is 21.4 Å². The van der Waals surface area contributed by atoms with Crippen LogP contribution in [0, 0.1) is 17.1 Å². The predicted molar refractivity (Wildman–Crippen MR) is 66.3 cm³/mol. The maximum absolute atomic E-state index is 13.1. The van der Waals surface area contributed by atoms with Gasteiger partial charge in [0.2, 0.25) is 0 Å². The summed E-state index contributed by atoms with van der Waals surface area (Å²) in [7, 11) is 0. The van der Waals surface area contributed by atoms with Gasteiger partial charge in [0.05, 0.1) is 17.5 Å². The second kappa shape index (κ2) is 5.23. The van der Waals surface area contributed by atoms with Crippen LogP contribution in [0.1, 0.15) is 12.5 Å². The van der Waals surface area contributed by atoms with E-state index >= 15 is 0 Å². The van der Waals surface area contributed by atoms with Crippen molar-refractivity contribution in [2.75, 3.05) is 11.9 Å². The van der Waals surface area contributed by atoms with Gasteiger partial charge in [-0.25, -0.2) is 9.37 Å². The summed E-state index contributed by atoms with van der Waals surface area (Å²) in [4.78, 5) is 8.08. The summed E-state index contributed by atoms with van der Waals surface area (Å²) in [6.45, 7) is 2.58. The maximum Gasteiger partial charge on any atom is 0.144 e. The summed E-state index contributed by atoms with van der Waals surface area (Å²) in [6, 6.07) is 6.75. The SMILES string of the molecule is CCNc1nc(-c2cncc(F)c2)ccc1C#N. The molecule has 90 valence electrons. The fraction of sp³-hybridized carbons (Fsp3) is 0.154. The molecule has 1 N–H and O–H groups in total. The minimum atomic E-state index is -0.413. The minimum absolute atomic E-state index is 0.413. The van der Waals surface area contributed by atoms with Crippen LogP contribution in [0.15, 0.2) is 30.6 Å². The molecule has 0 amide bonds. The maximum atomic E-state index is 13.1. The normalized spacial score (nSPS) is 9.83. The molecular weight excluding hydrogens is 231 g/mol. The van der Waals surface area contributed by atoms with Crippen molar-refractivity contribution < 1.29 is 4.39 Å². The van der Waals surface area contributed by atoms with Crippen LogP contribution in [0.2, 0.25) is 0 Å². The van der Waals surface area contributed by atoms with Crippen molar-refractivity contribution in [2.45, 2.75) is 6.92 Å². The number of rotatable bonds is 3. The lowest BCUT2D eigenvalue weighted by Crippen LogP contribution is -2.02. The fourth-order valence-electron chi connectivity index (χ4n) is 1.56. The van der Waals surface area contributed by atoms with E-state index in [0.717, 1.165) is 6.20 Å². The summed E-state index contributed by atoms with van der Waals surface area (Å²) in [5, 5.41) is 12.0. The molecule has 0 unspecified atom stereocenters. The van der Waals surface area contributed by atoms with E-state index in [1.807, 2.05) is 6.92 Å². The third-order valence-corrected chi connectivity index (χ3v) is 2.36. The molecule has 0 fully saturated rings. The Hall–Kier alpha value is -2.48. The van der Waals surface area contributed by atoms with Crippen molar-refractivity contribution in [3.8, 4) is 17.3 Å². The van der Waals surface area contributed by atoms with E-state index in [1.165, 1.54) is 12.3 Å². The molecule has 2 heterocycles. The number of aromatic nitrogens is 2. The van der Waals surface area contributed by atoms with Gasteiger partial charge in [-0.3, -0.25) is 4.98 Å². The molecule has 0 saturated heterocycles. The third-order valence-electron chi connectivity index (χ3n) is 2.36. The van der Waals surface area contributed by atoms with E-state index in [4.69, 9.17) is 5.26 Å². The summed E-state index contributed by atoms with van der Waals surface area (Å²) in [5.74, 6) is 0.0884. The van der Waals surface area contributed by atoms with Gasteiger partial charge in [-0.1, -0.05) is 0 Å². The molecule has 0 aromatic carbocycles. The van der Waals surface area contributed by atoms with Crippen molar-refractivity contribution in [3.63, 3.8) is 0 Å². The van der Waals surface area contributed by atoms with Crippen LogP contribution in [0.25, 0.3) is 11.3 Å². The number of halogens is 1. The quantitative estimate of drug-likeness (QED) is 0.898. The Kier molecular flexibility index (Phi) is 3.49. The highest BCUT2D eigenvalue weighted by Gasteiger charge is 2.07. The zero-order chi connectivity index (χ0) is 13.0. The van der Waals surface area contributed by atoms with Crippen molar-refractivity contribution in [1.82, 2.24) is 9.97 Å². The highest BCUT2D eigenvalue weighted by Crippen LogP contribution is 2.21. The fourth-order valence-corrected chi connectivity index (χ4v) is 1.56. The topological polar surface area (TPSA) is 61.6 Å². The second-order valence-electron chi connectivity index (χ2n) is 3.63. The van der Waals surface area contributed by atoms with E-state index in [0.29, 0.717) is 29.2 Å². The Morgan fingerprint density at radius 2 is 2.22 bits per heavy atom. The molecular formula is C13H11FN4. The zero-order valence-corrected chi connectivity index (χ0v) is 9.81. The second-order valence-corrected chi connectivity index (χ2v) is 3.63. The van der Waals surface area contributed by atoms with Gasteiger partial charge in [-0.2, -0.15) is 5.26 Å². The molecule has 0 aliphatic carbocycles. The lowest BCUT2D eigenvalue weighted by atomic mass is 10.1. The number of nitrogens with one attached hydrogen (secondary N) is 1. The summed E-state index contributed by atoms with van der Waals surface area (Å²) >= 11 is 0. The van der Waals surface area contributed by atoms with Crippen LogP contribution in [-0.4, -0.2) is 16.5 Å². The number of nitriles is 1. The molecule has 2 rings (SSSR count). The number of hydrogen-bond acceptors (Lipinski definition) is 4.